The largest absolute Gasteiger partial charge is 0.325 e. The molecule has 0 fully saturated rings. The highest BCUT2D eigenvalue weighted by atomic mass is 35.5. The zero-order chi connectivity index (χ0) is 19.0. The molecule has 27 heavy (non-hydrogen) atoms. The normalized spacial score (nSPS) is 15.3. The van der Waals surface area contributed by atoms with Gasteiger partial charge in [-0.25, -0.2) is 4.68 Å². The fraction of sp³-hybridized carbons (Fsp3) is 0.111. The van der Waals surface area contributed by atoms with Crippen LogP contribution in [0.15, 0.2) is 48.5 Å². The summed E-state index contributed by atoms with van der Waals surface area (Å²) >= 11 is 12.0. The summed E-state index contributed by atoms with van der Waals surface area (Å²) in [5.74, 6) is 0.0761. The van der Waals surface area contributed by atoms with Gasteiger partial charge in [0.2, 0.25) is 11.9 Å². The zero-order valence-corrected chi connectivity index (χ0v) is 15.3. The zero-order valence-electron chi connectivity index (χ0n) is 13.8. The van der Waals surface area contributed by atoms with Gasteiger partial charge in [0.05, 0.1) is 17.1 Å². The van der Waals surface area contributed by atoms with Gasteiger partial charge in [0.25, 0.3) is 5.91 Å². The summed E-state index contributed by atoms with van der Waals surface area (Å²) in [6.07, 6.45) is -0.112. The number of hydrogen-bond acceptors (Lipinski definition) is 4. The first-order valence-corrected chi connectivity index (χ1v) is 8.84. The van der Waals surface area contributed by atoms with Crippen LogP contribution in [-0.2, 0) is 9.59 Å². The number of fused-ring (bicyclic) bond motifs is 1. The SMILES string of the molecule is O=C(CC1C(=O)Nc2nc(-c3ccccc3)nn21)Nc1cc(Cl)ccc1Cl. The molecule has 3 aromatic rings. The number of halogens is 2. The highest BCUT2D eigenvalue weighted by molar-refractivity contribution is 6.35. The van der Waals surface area contributed by atoms with Gasteiger partial charge in [0, 0.05) is 10.6 Å². The molecule has 0 saturated heterocycles. The molecule has 0 radical (unpaired) electrons. The van der Waals surface area contributed by atoms with Gasteiger partial charge in [0.15, 0.2) is 5.82 Å². The maximum absolute atomic E-state index is 12.4. The molecule has 7 nitrogen and oxygen atoms in total. The molecule has 2 amide bonds. The van der Waals surface area contributed by atoms with Gasteiger partial charge >= 0.3 is 0 Å². The number of hydrogen-bond donors (Lipinski definition) is 2. The van der Waals surface area contributed by atoms with Crippen molar-refractivity contribution in [2.24, 2.45) is 0 Å². The Bertz CT molecular complexity index is 1040. The Hall–Kier alpha value is -2.90. The van der Waals surface area contributed by atoms with E-state index in [1.807, 2.05) is 30.3 Å². The van der Waals surface area contributed by atoms with E-state index in [0.29, 0.717) is 27.5 Å². The van der Waals surface area contributed by atoms with Crippen LogP contribution in [0.3, 0.4) is 0 Å². The van der Waals surface area contributed by atoms with Crippen molar-refractivity contribution in [3.63, 3.8) is 0 Å². The van der Waals surface area contributed by atoms with Gasteiger partial charge in [0.1, 0.15) is 6.04 Å². The first kappa shape index (κ1) is 17.5. The minimum absolute atomic E-state index is 0.112. The fourth-order valence-corrected chi connectivity index (χ4v) is 3.13. The molecule has 0 saturated carbocycles. The van der Waals surface area contributed by atoms with Crippen LogP contribution in [0.2, 0.25) is 10.0 Å². The average Bonchev–Trinajstić information content (AvgIpc) is 3.18. The number of carbonyl (C=O) groups excluding carboxylic acids is 2. The molecular weight excluding hydrogens is 389 g/mol. The predicted octanol–water partition coefficient (Wildman–Crippen LogP) is 3.77. The highest BCUT2D eigenvalue weighted by Crippen LogP contribution is 2.30. The van der Waals surface area contributed by atoms with Crippen LogP contribution in [-0.4, -0.2) is 26.6 Å². The Morgan fingerprint density at radius 1 is 1.19 bits per heavy atom. The molecule has 2 aromatic carbocycles. The second-order valence-electron chi connectivity index (χ2n) is 5.95. The van der Waals surface area contributed by atoms with Crippen molar-refractivity contribution in [3.05, 3.63) is 58.6 Å². The third kappa shape index (κ3) is 3.51. The van der Waals surface area contributed by atoms with E-state index in [1.54, 1.807) is 18.2 Å². The average molecular weight is 402 g/mol. The molecule has 1 aromatic heterocycles. The van der Waals surface area contributed by atoms with E-state index < -0.39 is 6.04 Å². The lowest BCUT2D eigenvalue weighted by molar-refractivity contribution is -0.123. The predicted molar refractivity (Wildman–Crippen MR) is 103 cm³/mol. The number of benzene rings is 2. The van der Waals surface area contributed by atoms with Crippen LogP contribution in [0, 0.1) is 0 Å². The van der Waals surface area contributed by atoms with Gasteiger partial charge in [-0.05, 0) is 18.2 Å². The molecule has 1 aliphatic rings. The maximum atomic E-state index is 12.4. The first-order chi connectivity index (χ1) is 13.0. The van der Waals surface area contributed by atoms with Crippen LogP contribution >= 0.6 is 23.2 Å². The number of amides is 2. The van der Waals surface area contributed by atoms with Gasteiger partial charge in [-0.1, -0.05) is 53.5 Å². The summed E-state index contributed by atoms with van der Waals surface area (Å²) in [5.41, 5.74) is 1.21. The Kier molecular flexibility index (Phi) is 4.55. The Morgan fingerprint density at radius 3 is 2.74 bits per heavy atom. The monoisotopic (exact) mass is 401 g/mol. The number of nitrogens with zero attached hydrogens (tertiary/aromatic N) is 3. The third-order valence-corrected chi connectivity index (χ3v) is 4.64. The molecule has 1 unspecified atom stereocenters. The van der Waals surface area contributed by atoms with Gasteiger partial charge in [-0.15, -0.1) is 5.10 Å². The minimum Gasteiger partial charge on any atom is -0.325 e. The van der Waals surface area contributed by atoms with E-state index in [0.717, 1.165) is 5.56 Å². The Balaban J connectivity index is 1.53. The fourth-order valence-electron chi connectivity index (χ4n) is 2.79. The molecule has 2 heterocycles. The van der Waals surface area contributed by atoms with Crippen LogP contribution < -0.4 is 10.6 Å². The number of anilines is 2. The van der Waals surface area contributed by atoms with Crippen molar-refractivity contribution >= 4 is 46.7 Å². The summed E-state index contributed by atoms with van der Waals surface area (Å²) in [7, 11) is 0. The molecule has 1 aliphatic heterocycles. The maximum Gasteiger partial charge on any atom is 0.252 e. The lowest BCUT2D eigenvalue weighted by Gasteiger charge is -2.11. The van der Waals surface area contributed by atoms with E-state index >= 15 is 0 Å². The molecule has 4 rings (SSSR count). The minimum atomic E-state index is -0.789. The number of aromatic nitrogens is 3. The molecule has 0 spiro atoms. The van der Waals surface area contributed by atoms with E-state index in [4.69, 9.17) is 23.2 Å². The number of rotatable bonds is 4. The lowest BCUT2D eigenvalue weighted by Crippen LogP contribution is -2.23. The second-order valence-corrected chi connectivity index (χ2v) is 6.79. The summed E-state index contributed by atoms with van der Waals surface area (Å²) in [4.78, 5) is 28.9. The molecule has 0 aliphatic carbocycles. The molecule has 0 bridgehead atoms. The number of nitrogens with one attached hydrogen (secondary N) is 2. The molecule has 9 heteroatoms. The Labute approximate surface area is 164 Å². The van der Waals surface area contributed by atoms with Crippen LogP contribution in [0.4, 0.5) is 11.6 Å². The summed E-state index contributed by atoms with van der Waals surface area (Å²) < 4.78 is 1.43. The summed E-state index contributed by atoms with van der Waals surface area (Å²) in [6.45, 7) is 0. The first-order valence-electron chi connectivity index (χ1n) is 8.09. The molecule has 1 atom stereocenters. The van der Waals surface area contributed by atoms with Crippen molar-refractivity contribution in [3.8, 4) is 11.4 Å². The van der Waals surface area contributed by atoms with Gasteiger partial charge in [-0.2, -0.15) is 4.98 Å². The standard InChI is InChI=1S/C18H13Cl2N5O2/c19-11-6-7-12(20)13(8-11)21-15(26)9-14-17(27)23-18-22-16(24-25(14)18)10-4-2-1-3-5-10/h1-8,14H,9H2,(H,21,26)(H,22,23,24,27). The smallest absolute Gasteiger partial charge is 0.252 e. The quantitative estimate of drug-likeness (QED) is 0.695. The second kappa shape index (κ2) is 7.02. The number of carbonyl (C=O) groups is 2. The summed E-state index contributed by atoms with van der Waals surface area (Å²) in [6, 6.07) is 13.3. The van der Waals surface area contributed by atoms with E-state index in [-0.39, 0.29) is 18.2 Å². The van der Waals surface area contributed by atoms with Crippen molar-refractivity contribution in [1.82, 2.24) is 14.8 Å². The van der Waals surface area contributed by atoms with Crippen molar-refractivity contribution in [2.75, 3.05) is 10.6 Å². The van der Waals surface area contributed by atoms with Gasteiger partial charge in [-0.3, -0.25) is 14.9 Å². The van der Waals surface area contributed by atoms with Crippen LogP contribution in [0.5, 0.6) is 0 Å². The highest BCUT2D eigenvalue weighted by Gasteiger charge is 2.35. The Morgan fingerprint density at radius 2 is 1.96 bits per heavy atom. The van der Waals surface area contributed by atoms with E-state index in [9.17, 15) is 9.59 Å². The third-order valence-electron chi connectivity index (χ3n) is 4.08. The van der Waals surface area contributed by atoms with Gasteiger partial charge < -0.3 is 5.32 Å². The van der Waals surface area contributed by atoms with Crippen molar-refractivity contribution < 1.29 is 9.59 Å². The lowest BCUT2D eigenvalue weighted by atomic mass is 10.2. The van der Waals surface area contributed by atoms with Crippen molar-refractivity contribution in [2.45, 2.75) is 12.5 Å². The molecule has 2 N–H and O–H groups in total. The van der Waals surface area contributed by atoms with E-state index in [1.165, 1.54) is 4.68 Å². The van der Waals surface area contributed by atoms with Crippen LogP contribution in [0.25, 0.3) is 11.4 Å². The van der Waals surface area contributed by atoms with Crippen molar-refractivity contribution in [1.29, 1.82) is 0 Å². The van der Waals surface area contributed by atoms with Crippen LogP contribution in [0.1, 0.15) is 12.5 Å². The molecular formula is C18H13Cl2N5O2. The summed E-state index contributed by atoms with van der Waals surface area (Å²) in [5, 5.41) is 10.5. The van der Waals surface area contributed by atoms with E-state index in [2.05, 4.69) is 20.7 Å². The topological polar surface area (TPSA) is 88.9 Å². The molecule has 136 valence electrons.